The van der Waals surface area contributed by atoms with Crippen LogP contribution in [0.2, 0.25) is 0 Å². The van der Waals surface area contributed by atoms with Gasteiger partial charge in [-0.05, 0) is 44.6 Å². The highest BCUT2D eigenvalue weighted by atomic mass is 19.4. The van der Waals surface area contributed by atoms with Crippen LogP contribution in [0.5, 0.6) is 0 Å². The van der Waals surface area contributed by atoms with Gasteiger partial charge in [-0.2, -0.15) is 13.2 Å². The van der Waals surface area contributed by atoms with E-state index in [0.29, 0.717) is 18.8 Å². The fourth-order valence-electron chi connectivity index (χ4n) is 2.49. The molecule has 0 spiro atoms. The van der Waals surface area contributed by atoms with E-state index in [4.69, 9.17) is 0 Å². The highest BCUT2D eigenvalue weighted by molar-refractivity contribution is 4.81. The summed E-state index contributed by atoms with van der Waals surface area (Å²) in [5.74, 6) is -0.412. The molecule has 1 nitrogen and oxygen atoms in total. The van der Waals surface area contributed by atoms with Crippen LogP contribution in [0, 0.1) is 11.8 Å². The van der Waals surface area contributed by atoms with Crippen LogP contribution in [0.3, 0.4) is 0 Å². The van der Waals surface area contributed by atoms with Gasteiger partial charge in [-0.15, -0.1) is 0 Å². The van der Waals surface area contributed by atoms with Crippen molar-refractivity contribution < 1.29 is 13.2 Å². The van der Waals surface area contributed by atoms with E-state index in [1.165, 1.54) is 0 Å². The van der Waals surface area contributed by atoms with Crippen molar-refractivity contribution in [2.75, 3.05) is 6.54 Å². The minimum atomic E-state index is -4.00. The molecule has 0 saturated heterocycles. The molecule has 0 aromatic heterocycles. The minimum absolute atomic E-state index is 0.0718. The maximum absolute atomic E-state index is 12.6. The van der Waals surface area contributed by atoms with Crippen LogP contribution in [-0.4, -0.2) is 18.8 Å². The second-order valence-corrected chi connectivity index (χ2v) is 5.59. The molecule has 1 aliphatic rings. The molecule has 1 saturated carbocycles. The fraction of sp³-hybridized carbons (Fsp3) is 1.00. The predicted octanol–water partition coefficient (Wildman–Crippen LogP) is 4.13. The van der Waals surface area contributed by atoms with Crippen LogP contribution in [-0.2, 0) is 0 Å². The largest absolute Gasteiger partial charge is 0.391 e. The Bertz CT molecular complexity index is 213. The van der Waals surface area contributed by atoms with Crippen molar-refractivity contribution >= 4 is 0 Å². The Morgan fingerprint density at radius 3 is 2.53 bits per heavy atom. The van der Waals surface area contributed by atoms with Gasteiger partial charge in [-0.1, -0.05) is 20.3 Å². The summed E-state index contributed by atoms with van der Waals surface area (Å²) in [5, 5.41) is 3.28. The van der Waals surface area contributed by atoms with Gasteiger partial charge in [0, 0.05) is 6.04 Å². The molecular weight excluding hydrogens is 227 g/mol. The highest BCUT2D eigenvalue weighted by Crippen LogP contribution is 2.37. The lowest BCUT2D eigenvalue weighted by Gasteiger charge is -2.31. The van der Waals surface area contributed by atoms with E-state index in [-0.39, 0.29) is 12.5 Å². The Hall–Kier alpha value is -0.250. The lowest BCUT2D eigenvalue weighted by atomic mass is 9.85. The maximum Gasteiger partial charge on any atom is 0.391 e. The van der Waals surface area contributed by atoms with E-state index in [9.17, 15) is 13.2 Å². The third kappa shape index (κ3) is 5.75. The molecule has 0 radical (unpaired) electrons. The lowest BCUT2D eigenvalue weighted by molar-refractivity contribution is -0.183. The summed E-state index contributed by atoms with van der Waals surface area (Å²) in [6, 6.07) is 0.0718. The standard InChI is InChI=1S/C13H24F3N/c1-10(2)5-4-8-17-12-7-3-6-11(9-12)13(14,15)16/h10-12,17H,3-9H2,1-2H3. The predicted molar refractivity (Wildman–Crippen MR) is 63.9 cm³/mol. The topological polar surface area (TPSA) is 12.0 Å². The Morgan fingerprint density at radius 2 is 1.94 bits per heavy atom. The van der Waals surface area contributed by atoms with Crippen LogP contribution in [0.25, 0.3) is 0 Å². The van der Waals surface area contributed by atoms with Crippen LogP contribution >= 0.6 is 0 Å². The Balaban J connectivity index is 2.21. The van der Waals surface area contributed by atoms with E-state index in [1.807, 2.05) is 0 Å². The SMILES string of the molecule is CC(C)CCCNC1CCCC(C(F)(F)F)C1. The van der Waals surface area contributed by atoms with E-state index in [2.05, 4.69) is 19.2 Å². The lowest BCUT2D eigenvalue weighted by Crippen LogP contribution is -2.39. The zero-order valence-corrected chi connectivity index (χ0v) is 10.8. The van der Waals surface area contributed by atoms with Crippen molar-refractivity contribution in [3.05, 3.63) is 0 Å². The number of rotatable bonds is 5. The average Bonchev–Trinajstić information content (AvgIpc) is 2.23. The first kappa shape index (κ1) is 14.8. The number of nitrogens with one attached hydrogen (secondary N) is 1. The van der Waals surface area contributed by atoms with Crippen molar-refractivity contribution in [1.29, 1.82) is 0 Å². The maximum atomic E-state index is 12.6. The molecule has 17 heavy (non-hydrogen) atoms. The summed E-state index contributed by atoms with van der Waals surface area (Å²) < 4.78 is 37.7. The zero-order chi connectivity index (χ0) is 12.9. The molecule has 2 unspecified atom stereocenters. The molecule has 0 aromatic carbocycles. The highest BCUT2D eigenvalue weighted by Gasteiger charge is 2.41. The van der Waals surface area contributed by atoms with Gasteiger partial charge in [0.1, 0.15) is 0 Å². The minimum Gasteiger partial charge on any atom is -0.314 e. The molecule has 0 amide bonds. The molecule has 1 fully saturated rings. The van der Waals surface area contributed by atoms with Crippen LogP contribution in [0.1, 0.15) is 52.4 Å². The first-order valence-electron chi connectivity index (χ1n) is 6.69. The van der Waals surface area contributed by atoms with E-state index in [0.717, 1.165) is 25.8 Å². The number of hydrogen-bond acceptors (Lipinski definition) is 1. The molecule has 0 bridgehead atoms. The van der Waals surface area contributed by atoms with Crippen LogP contribution in [0.15, 0.2) is 0 Å². The smallest absolute Gasteiger partial charge is 0.314 e. The molecule has 4 heteroatoms. The van der Waals surface area contributed by atoms with Crippen molar-refractivity contribution in [3.63, 3.8) is 0 Å². The third-order valence-corrected chi connectivity index (χ3v) is 3.53. The van der Waals surface area contributed by atoms with Gasteiger partial charge in [-0.3, -0.25) is 0 Å². The van der Waals surface area contributed by atoms with Gasteiger partial charge in [-0.25, -0.2) is 0 Å². The second kappa shape index (κ2) is 6.62. The molecule has 2 atom stereocenters. The van der Waals surface area contributed by atoms with Crippen LogP contribution in [0.4, 0.5) is 13.2 Å². The summed E-state index contributed by atoms with van der Waals surface area (Å²) in [6.45, 7) is 5.19. The van der Waals surface area contributed by atoms with Gasteiger partial charge in [0.05, 0.1) is 5.92 Å². The van der Waals surface area contributed by atoms with Gasteiger partial charge in [0.2, 0.25) is 0 Å². The second-order valence-electron chi connectivity index (χ2n) is 5.59. The van der Waals surface area contributed by atoms with Crippen LogP contribution < -0.4 is 5.32 Å². The van der Waals surface area contributed by atoms with Crippen molar-refractivity contribution in [3.8, 4) is 0 Å². The average molecular weight is 251 g/mol. The quantitative estimate of drug-likeness (QED) is 0.724. The molecule has 0 aliphatic heterocycles. The van der Waals surface area contributed by atoms with Gasteiger partial charge in [0.25, 0.3) is 0 Å². The fourth-order valence-corrected chi connectivity index (χ4v) is 2.49. The number of halogens is 3. The molecule has 0 aromatic rings. The van der Waals surface area contributed by atoms with Crippen molar-refractivity contribution in [2.45, 2.75) is 64.6 Å². The normalized spacial score (nSPS) is 26.5. The Kier molecular flexibility index (Phi) is 5.77. The third-order valence-electron chi connectivity index (χ3n) is 3.53. The Morgan fingerprint density at radius 1 is 1.24 bits per heavy atom. The summed E-state index contributed by atoms with van der Waals surface area (Å²) in [5.41, 5.74) is 0. The van der Waals surface area contributed by atoms with Gasteiger partial charge >= 0.3 is 6.18 Å². The summed E-state index contributed by atoms with van der Waals surface area (Å²) in [7, 11) is 0. The van der Waals surface area contributed by atoms with E-state index < -0.39 is 12.1 Å². The van der Waals surface area contributed by atoms with Crippen molar-refractivity contribution in [2.24, 2.45) is 11.8 Å². The zero-order valence-electron chi connectivity index (χ0n) is 10.8. The molecule has 102 valence electrons. The molecular formula is C13H24F3N. The number of hydrogen-bond donors (Lipinski definition) is 1. The molecule has 1 N–H and O–H groups in total. The van der Waals surface area contributed by atoms with E-state index in [1.54, 1.807) is 0 Å². The van der Waals surface area contributed by atoms with E-state index >= 15 is 0 Å². The summed E-state index contributed by atoms with van der Waals surface area (Å²) >= 11 is 0. The first-order chi connectivity index (χ1) is 7.89. The number of alkyl halides is 3. The summed E-state index contributed by atoms with van der Waals surface area (Å²) in [6.07, 6.45) is 0.380. The molecule has 1 rings (SSSR count). The van der Waals surface area contributed by atoms with Gasteiger partial charge < -0.3 is 5.32 Å². The molecule has 0 heterocycles. The Labute approximate surface area is 102 Å². The molecule has 1 aliphatic carbocycles. The van der Waals surface area contributed by atoms with Crippen molar-refractivity contribution in [1.82, 2.24) is 5.32 Å². The monoisotopic (exact) mass is 251 g/mol. The van der Waals surface area contributed by atoms with Gasteiger partial charge in [0.15, 0.2) is 0 Å². The first-order valence-corrected chi connectivity index (χ1v) is 6.69. The summed E-state index contributed by atoms with van der Waals surface area (Å²) in [4.78, 5) is 0.